The Morgan fingerprint density at radius 2 is 2.11 bits per heavy atom. The molecule has 3 aromatic rings. The Balaban J connectivity index is 2.09. The molecule has 2 aromatic heterocycles. The van der Waals surface area contributed by atoms with Crippen molar-refractivity contribution < 1.29 is 4.74 Å². The van der Waals surface area contributed by atoms with Gasteiger partial charge in [0.1, 0.15) is 5.75 Å². The van der Waals surface area contributed by atoms with Crippen LogP contribution in [0.5, 0.6) is 5.75 Å². The minimum absolute atomic E-state index is 0.156. The number of H-pyrrole nitrogens is 1. The molecule has 0 aliphatic heterocycles. The zero-order valence-corrected chi connectivity index (χ0v) is 10.8. The van der Waals surface area contributed by atoms with Gasteiger partial charge in [-0.05, 0) is 23.1 Å². The van der Waals surface area contributed by atoms with Gasteiger partial charge >= 0.3 is 0 Å². The van der Waals surface area contributed by atoms with Crippen LogP contribution in [-0.2, 0) is 0 Å². The van der Waals surface area contributed by atoms with Gasteiger partial charge in [-0.1, -0.05) is 18.2 Å². The summed E-state index contributed by atoms with van der Waals surface area (Å²) in [6.07, 6.45) is 1.98. The third-order valence-electron chi connectivity index (χ3n) is 3.12. The molecule has 3 rings (SSSR count). The van der Waals surface area contributed by atoms with Gasteiger partial charge in [-0.3, -0.25) is 0 Å². The number of ether oxygens (including phenoxy) is 1. The van der Waals surface area contributed by atoms with Crippen molar-refractivity contribution >= 4 is 22.2 Å². The maximum Gasteiger partial charge on any atom is 0.134 e. The van der Waals surface area contributed by atoms with Crippen LogP contribution in [-0.4, -0.2) is 12.1 Å². The zero-order chi connectivity index (χ0) is 12.5. The van der Waals surface area contributed by atoms with Crippen LogP contribution in [0.25, 0.3) is 10.9 Å². The van der Waals surface area contributed by atoms with E-state index in [0.29, 0.717) is 0 Å². The van der Waals surface area contributed by atoms with Crippen molar-refractivity contribution in [2.24, 2.45) is 5.73 Å². The lowest BCUT2D eigenvalue weighted by molar-refractivity contribution is 0.411. The largest absolute Gasteiger partial charge is 0.496 e. The van der Waals surface area contributed by atoms with Crippen LogP contribution in [0.2, 0.25) is 0 Å². The van der Waals surface area contributed by atoms with Crippen LogP contribution < -0.4 is 10.5 Å². The predicted octanol–water partition coefficient (Wildman–Crippen LogP) is 3.29. The molecule has 3 N–H and O–H groups in total. The van der Waals surface area contributed by atoms with Crippen molar-refractivity contribution in [1.29, 1.82) is 0 Å². The Morgan fingerprint density at radius 1 is 1.28 bits per heavy atom. The van der Waals surface area contributed by atoms with E-state index >= 15 is 0 Å². The SMILES string of the molecule is COc1ccsc1C(N)c1c[nH]c2ccccc12. The molecule has 0 radical (unpaired) electrons. The lowest BCUT2D eigenvalue weighted by Crippen LogP contribution is -2.10. The first-order chi connectivity index (χ1) is 8.81. The molecule has 1 aromatic carbocycles. The van der Waals surface area contributed by atoms with Gasteiger partial charge in [-0.15, -0.1) is 11.3 Å². The first-order valence-corrected chi connectivity index (χ1v) is 6.62. The standard InChI is InChI=1S/C14H14N2OS/c1-17-12-6-7-18-14(12)13(15)10-8-16-11-5-3-2-4-9(10)11/h2-8,13,16H,15H2,1H3. The summed E-state index contributed by atoms with van der Waals surface area (Å²) in [6.45, 7) is 0. The summed E-state index contributed by atoms with van der Waals surface area (Å²) in [6, 6.07) is 9.97. The van der Waals surface area contributed by atoms with Gasteiger partial charge in [0.05, 0.1) is 18.0 Å². The van der Waals surface area contributed by atoms with Crippen LogP contribution >= 0.6 is 11.3 Å². The number of para-hydroxylation sites is 1. The van der Waals surface area contributed by atoms with Crippen LogP contribution in [0, 0.1) is 0 Å². The highest BCUT2D eigenvalue weighted by atomic mass is 32.1. The normalized spacial score (nSPS) is 12.8. The van der Waals surface area contributed by atoms with Crippen LogP contribution in [0.4, 0.5) is 0 Å². The fourth-order valence-electron chi connectivity index (χ4n) is 2.20. The van der Waals surface area contributed by atoms with Gasteiger partial charge in [-0.2, -0.15) is 0 Å². The lowest BCUT2D eigenvalue weighted by Gasteiger charge is -2.11. The average Bonchev–Trinajstić information content (AvgIpc) is 3.04. The summed E-state index contributed by atoms with van der Waals surface area (Å²) in [5.41, 5.74) is 8.57. The molecule has 0 bridgehead atoms. The molecule has 1 atom stereocenters. The first kappa shape index (κ1) is 11.3. The smallest absolute Gasteiger partial charge is 0.134 e. The van der Waals surface area contributed by atoms with E-state index in [0.717, 1.165) is 21.7 Å². The van der Waals surface area contributed by atoms with E-state index < -0.39 is 0 Å². The number of rotatable bonds is 3. The molecule has 2 heterocycles. The summed E-state index contributed by atoms with van der Waals surface area (Å²) < 4.78 is 5.34. The highest BCUT2D eigenvalue weighted by Gasteiger charge is 2.18. The minimum Gasteiger partial charge on any atom is -0.496 e. The third-order valence-corrected chi connectivity index (χ3v) is 4.10. The Labute approximate surface area is 109 Å². The Hall–Kier alpha value is -1.78. The molecule has 0 fully saturated rings. The van der Waals surface area contributed by atoms with E-state index in [2.05, 4.69) is 17.1 Å². The van der Waals surface area contributed by atoms with E-state index in [9.17, 15) is 0 Å². The van der Waals surface area contributed by atoms with Crippen molar-refractivity contribution in [1.82, 2.24) is 4.98 Å². The van der Waals surface area contributed by atoms with Crippen LogP contribution in [0.3, 0.4) is 0 Å². The molecule has 1 unspecified atom stereocenters. The number of nitrogens with one attached hydrogen (secondary N) is 1. The summed E-state index contributed by atoms with van der Waals surface area (Å²) >= 11 is 1.63. The summed E-state index contributed by atoms with van der Waals surface area (Å²) in [4.78, 5) is 4.31. The number of nitrogens with two attached hydrogens (primary N) is 1. The molecular weight excluding hydrogens is 244 g/mol. The molecular formula is C14H14N2OS. The quantitative estimate of drug-likeness (QED) is 0.757. The number of hydrogen-bond acceptors (Lipinski definition) is 3. The first-order valence-electron chi connectivity index (χ1n) is 5.74. The van der Waals surface area contributed by atoms with Crippen LogP contribution in [0.15, 0.2) is 41.9 Å². The van der Waals surface area contributed by atoms with Gasteiger partial charge < -0.3 is 15.5 Å². The molecule has 18 heavy (non-hydrogen) atoms. The van der Waals surface area contributed by atoms with E-state index in [1.165, 1.54) is 5.39 Å². The topological polar surface area (TPSA) is 51.0 Å². The lowest BCUT2D eigenvalue weighted by atomic mass is 10.1. The second-order valence-electron chi connectivity index (χ2n) is 4.12. The van der Waals surface area contributed by atoms with E-state index in [4.69, 9.17) is 10.5 Å². The fourth-order valence-corrected chi connectivity index (χ4v) is 3.08. The highest BCUT2D eigenvalue weighted by Crippen LogP contribution is 2.35. The van der Waals surface area contributed by atoms with Crippen molar-refractivity contribution in [3.63, 3.8) is 0 Å². The Kier molecular flexibility index (Phi) is 2.81. The summed E-state index contributed by atoms with van der Waals surface area (Å²) in [5.74, 6) is 0.859. The van der Waals surface area contributed by atoms with Gasteiger partial charge in [0, 0.05) is 17.1 Å². The maximum atomic E-state index is 6.36. The molecule has 3 nitrogen and oxygen atoms in total. The van der Waals surface area contributed by atoms with E-state index in [-0.39, 0.29) is 6.04 Å². The number of benzene rings is 1. The zero-order valence-electron chi connectivity index (χ0n) is 10.0. The number of aromatic amines is 1. The number of aromatic nitrogens is 1. The molecule has 4 heteroatoms. The molecule has 0 saturated carbocycles. The average molecular weight is 258 g/mol. The predicted molar refractivity (Wildman–Crippen MR) is 75.2 cm³/mol. The Bertz CT molecular complexity index is 671. The monoisotopic (exact) mass is 258 g/mol. The molecule has 0 saturated heterocycles. The summed E-state index contributed by atoms with van der Waals surface area (Å²) in [7, 11) is 1.67. The second kappa shape index (κ2) is 4.48. The number of hydrogen-bond donors (Lipinski definition) is 2. The minimum atomic E-state index is -0.156. The molecule has 0 spiro atoms. The number of methoxy groups -OCH3 is 1. The maximum absolute atomic E-state index is 6.36. The van der Waals surface area contributed by atoms with E-state index in [1.807, 2.05) is 29.8 Å². The molecule has 92 valence electrons. The van der Waals surface area contributed by atoms with Crippen molar-refractivity contribution in [2.45, 2.75) is 6.04 Å². The van der Waals surface area contributed by atoms with Gasteiger partial charge in [0.2, 0.25) is 0 Å². The molecule has 0 aliphatic rings. The second-order valence-corrected chi connectivity index (χ2v) is 5.07. The highest BCUT2D eigenvalue weighted by molar-refractivity contribution is 7.10. The van der Waals surface area contributed by atoms with Gasteiger partial charge in [-0.25, -0.2) is 0 Å². The fraction of sp³-hybridized carbons (Fsp3) is 0.143. The third kappa shape index (κ3) is 1.70. The van der Waals surface area contributed by atoms with Crippen molar-refractivity contribution in [2.75, 3.05) is 7.11 Å². The molecule has 0 amide bonds. The van der Waals surface area contributed by atoms with Gasteiger partial charge in [0.15, 0.2) is 0 Å². The Morgan fingerprint density at radius 3 is 2.94 bits per heavy atom. The number of fused-ring (bicyclic) bond motifs is 1. The molecule has 0 aliphatic carbocycles. The van der Waals surface area contributed by atoms with Crippen molar-refractivity contribution in [3.05, 3.63) is 52.3 Å². The van der Waals surface area contributed by atoms with Crippen LogP contribution in [0.1, 0.15) is 16.5 Å². The van der Waals surface area contributed by atoms with Crippen molar-refractivity contribution in [3.8, 4) is 5.75 Å². The van der Waals surface area contributed by atoms with E-state index in [1.54, 1.807) is 18.4 Å². The van der Waals surface area contributed by atoms with Gasteiger partial charge in [0.25, 0.3) is 0 Å². The number of thiophene rings is 1. The summed E-state index contributed by atoms with van der Waals surface area (Å²) in [5, 5.41) is 3.17.